The van der Waals surface area contributed by atoms with Crippen molar-refractivity contribution in [3.8, 4) is 0 Å². The molecule has 0 aliphatic carbocycles. The second kappa shape index (κ2) is 7.91. The van der Waals surface area contributed by atoms with Crippen LogP contribution in [0.25, 0.3) is 0 Å². The van der Waals surface area contributed by atoms with Gasteiger partial charge in [0, 0.05) is 19.7 Å². The molecule has 0 radical (unpaired) electrons. The molecular formula is C17H18N2O5S. The van der Waals surface area contributed by atoms with E-state index in [0.29, 0.717) is 11.3 Å². The summed E-state index contributed by atoms with van der Waals surface area (Å²) in [7, 11) is -2.73. The van der Waals surface area contributed by atoms with Crippen molar-refractivity contribution < 1.29 is 22.7 Å². The van der Waals surface area contributed by atoms with Crippen LogP contribution in [0.15, 0.2) is 59.5 Å². The number of carbonyl (C=O) groups excluding carboxylic acids is 2. The standard InChI is InChI=1S/C17H18N2O5S/c1-12(20)18-14-8-10-15(11-9-14)25(22,23)19-17(21)16(24-2)13-6-4-3-5-7-13/h3-11,16H,1-2H3,(H,18,20)(H,19,21)/t16-/m1/s1. The van der Waals surface area contributed by atoms with E-state index in [0.717, 1.165) is 0 Å². The summed E-state index contributed by atoms with van der Waals surface area (Å²) < 4.78 is 31.8. The SMILES string of the molecule is CO[C@@H](C(=O)NS(=O)(=O)c1ccc(NC(C)=O)cc1)c1ccccc1. The molecule has 132 valence electrons. The fourth-order valence-corrected chi connectivity index (χ4v) is 3.17. The Labute approximate surface area is 146 Å². The Morgan fingerprint density at radius 1 is 1.00 bits per heavy atom. The molecule has 2 N–H and O–H groups in total. The number of hydrogen-bond donors (Lipinski definition) is 2. The lowest BCUT2D eigenvalue weighted by molar-refractivity contribution is -0.129. The third kappa shape index (κ3) is 4.88. The second-order valence-electron chi connectivity index (χ2n) is 5.20. The number of ether oxygens (including phenoxy) is 1. The van der Waals surface area contributed by atoms with Crippen molar-refractivity contribution in [3.05, 3.63) is 60.2 Å². The van der Waals surface area contributed by atoms with Crippen molar-refractivity contribution in [1.29, 1.82) is 0 Å². The quantitative estimate of drug-likeness (QED) is 0.816. The summed E-state index contributed by atoms with van der Waals surface area (Å²) in [4.78, 5) is 23.2. The monoisotopic (exact) mass is 362 g/mol. The van der Waals surface area contributed by atoms with Crippen molar-refractivity contribution in [1.82, 2.24) is 4.72 Å². The summed E-state index contributed by atoms with van der Waals surface area (Å²) in [5, 5.41) is 2.53. The van der Waals surface area contributed by atoms with Gasteiger partial charge < -0.3 is 10.1 Å². The number of nitrogens with one attached hydrogen (secondary N) is 2. The van der Waals surface area contributed by atoms with E-state index in [1.807, 2.05) is 4.72 Å². The van der Waals surface area contributed by atoms with Crippen LogP contribution in [0, 0.1) is 0 Å². The van der Waals surface area contributed by atoms with E-state index in [2.05, 4.69) is 5.32 Å². The average molecular weight is 362 g/mol. The highest BCUT2D eigenvalue weighted by molar-refractivity contribution is 7.90. The number of hydrogen-bond acceptors (Lipinski definition) is 5. The molecule has 2 amide bonds. The van der Waals surface area contributed by atoms with Crippen molar-refractivity contribution in [2.75, 3.05) is 12.4 Å². The Morgan fingerprint density at radius 3 is 2.12 bits per heavy atom. The van der Waals surface area contributed by atoms with Crippen LogP contribution in [0.1, 0.15) is 18.6 Å². The molecule has 8 heteroatoms. The van der Waals surface area contributed by atoms with Gasteiger partial charge in [0.15, 0.2) is 6.10 Å². The van der Waals surface area contributed by atoms with Gasteiger partial charge in [-0.3, -0.25) is 9.59 Å². The average Bonchev–Trinajstić information content (AvgIpc) is 2.56. The van der Waals surface area contributed by atoms with Crippen LogP contribution >= 0.6 is 0 Å². The van der Waals surface area contributed by atoms with E-state index in [1.165, 1.54) is 38.3 Å². The number of carbonyl (C=O) groups is 2. The van der Waals surface area contributed by atoms with E-state index >= 15 is 0 Å². The zero-order chi connectivity index (χ0) is 18.4. The summed E-state index contributed by atoms with van der Waals surface area (Å²) in [6.45, 7) is 1.35. The zero-order valence-corrected chi connectivity index (χ0v) is 14.5. The first-order valence-corrected chi connectivity index (χ1v) is 8.84. The highest BCUT2D eigenvalue weighted by Gasteiger charge is 2.25. The van der Waals surface area contributed by atoms with Crippen molar-refractivity contribution in [2.24, 2.45) is 0 Å². The summed E-state index contributed by atoms with van der Waals surface area (Å²) in [6, 6.07) is 14.0. The molecule has 0 saturated heterocycles. The van der Waals surface area contributed by atoms with Crippen LogP contribution in [0.2, 0.25) is 0 Å². The number of methoxy groups -OCH3 is 1. The highest BCUT2D eigenvalue weighted by atomic mass is 32.2. The lowest BCUT2D eigenvalue weighted by Gasteiger charge is -2.16. The zero-order valence-electron chi connectivity index (χ0n) is 13.7. The van der Waals surface area contributed by atoms with Crippen LogP contribution in [0.3, 0.4) is 0 Å². The van der Waals surface area contributed by atoms with Crippen LogP contribution in [-0.4, -0.2) is 27.3 Å². The van der Waals surface area contributed by atoms with E-state index in [-0.39, 0.29) is 10.8 Å². The lowest BCUT2D eigenvalue weighted by Crippen LogP contribution is -2.35. The number of anilines is 1. The van der Waals surface area contributed by atoms with Crippen molar-refractivity contribution >= 4 is 27.5 Å². The number of amides is 2. The first-order valence-electron chi connectivity index (χ1n) is 7.35. The summed E-state index contributed by atoms with van der Waals surface area (Å²) >= 11 is 0. The van der Waals surface area contributed by atoms with E-state index in [9.17, 15) is 18.0 Å². The second-order valence-corrected chi connectivity index (χ2v) is 6.88. The Balaban J connectivity index is 2.17. The Kier molecular flexibility index (Phi) is 5.89. The van der Waals surface area contributed by atoms with E-state index in [4.69, 9.17) is 4.74 Å². The van der Waals surface area contributed by atoms with Gasteiger partial charge in [0.05, 0.1) is 4.90 Å². The smallest absolute Gasteiger partial charge is 0.267 e. The molecule has 0 aliphatic heterocycles. The van der Waals surface area contributed by atoms with Crippen LogP contribution in [-0.2, 0) is 24.3 Å². The molecule has 0 aliphatic rings. The van der Waals surface area contributed by atoms with Gasteiger partial charge in [-0.15, -0.1) is 0 Å². The van der Waals surface area contributed by atoms with Crippen molar-refractivity contribution in [3.63, 3.8) is 0 Å². The van der Waals surface area contributed by atoms with Crippen molar-refractivity contribution in [2.45, 2.75) is 17.9 Å². The van der Waals surface area contributed by atoms with Gasteiger partial charge in [0.2, 0.25) is 5.91 Å². The lowest BCUT2D eigenvalue weighted by atomic mass is 10.1. The molecule has 0 aromatic heterocycles. The first kappa shape index (κ1) is 18.6. The molecule has 0 spiro atoms. The minimum atomic E-state index is -4.06. The normalized spacial score (nSPS) is 12.2. The summed E-state index contributed by atoms with van der Waals surface area (Å²) in [5.74, 6) is -1.06. The Morgan fingerprint density at radius 2 is 1.60 bits per heavy atom. The molecular weight excluding hydrogens is 344 g/mol. The minimum Gasteiger partial charge on any atom is -0.367 e. The van der Waals surface area contributed by atoms with Crippen LogP contribution in [0.5, 0.6) is 0 Å². The summed E-state index contributed by atoms with van der Waals surface area (Å²) in [6.07, 6.45) is -1.05. The highest BCUT2D eigenvalue weighted by Crippen LogP contribution is 2.19. The Hall–Kier alpha value is -2.71. The molecule has 2 aromatic carbocycles. The number of benzene rings is 2. The van der Waals surface area contributed by atoms with Gasteiger partial charge in [0.1, 0.15) is 0 Å². The molecule has 2 aromatic rings. The van der Waals surface area contributed by atoms with Gasteiger partial charge in [0.25, 0.3) is 15.9 Å². The molecule has 0 unspecified atom stereocenters. The van der Waals surface area contributed by atoms with Gasteiger partial charge in [-0.25, -0.2) is 13.1 Å². The molecule has 0 saturated carbocycles. The topological polar surface area (TPSA) is 102 Å². The maximum atomic E-state index is 12.4. The molecule has 0 heterocycles. The molecule has 25 heavy (non-hydrogen) atoms. The van der Waals surface area contributed by atoms with Gasteiger partial charge in [-0.1, -0.05) is 30.3 Å². The Bertz CT molecular complexity index is 848. The molecule has 7 nitrogen and oxygen atoms in total. The van der Waals surface area contributed by atoms with Crippen LogP contribution in [0.4, 0.5) is 5.69 Å². The maximum Gasteiger partial charge on any atom is 0.267 e. The molecule has 0 fully saturated rings. The molecule has 2 rings (SSSR count). The fourth-order valence-electron chi connectivity index (χ4n) is 2.19. The number of sulfonamides is 1. The largest absolute Gasteiger partial charge is 0.367 e. The number of rotatable bonds is 6. The van der Waals surface area contributed by atoms with Gasteiger partial charge >= 0.3 is 0 Å². The van der Waals surface area contributed by atoms with E-state index < -0.39 is 22.0 Å². The third-order valence-corrected chi connectivity index (χ3v) is 4.66. The third-order valence-electron chi connectivity index (χ3n) is 3.30. The van der Waals surface area contributed by atoms with Crippen LogP contribution < -0.4 is 10.0 Å². The predicted molar refractivity (Wildman–Crippen MR) is 92.3 cm³/mol. The minimum absolute atomic E-state index is 0.0992. The molecule has 1 atom stereocenters. The van der Waals surface area contributed by atoms with Gasteiger partial charge in [-0.05, 0) is 29.8 Å². The fraction of sp³-hybridized carbons (Fsp3) is 0.176. The predicted octanol–water partition coefficient (Wildman–Crippen LogP) is 1.84. The molecule has 0 bridgehead atoms. The maximum absolute atomic E-state index is 12.4. The van der Waals surface area contributed by atoms with E-state index in [1.54, 1.807) is 30.3 Å². The van der Waals surface area contributed by atoms with Gasteiger partial charge in [-0.2, -0.15) is 0 Å². The summed E-state index contributed by atoms with van der Waals surface area (Å²) in [5.41, 5.74) is 0.996. The first-order chi connectivity index (χ1) is 11.8.